The van der Waals surface area contributed by atoms with Crippen LogP contribution in [0.5, 0.6) is 0 Å². The van der Waals surface area contributed by atoms with Crippen LogP contribution in [0.25, 0.3) is 0 Å². The molecule has 1 rings (SSSR count). The Bertz CT molecular complexity index is 378. The predicted octanol–water partition coefficient (Wildman–Crippen LogP) is -1.12. The Morgan fingerprint density at radius 3 is 1.75 bits per heavy atom. The Balaban J connectivity index is 0. The van der Waals surface area contributed by atoms with Crippen molar-refractivity contribution in [1.29, 1.82) is 0 Å². The molecule has 1 aromatic heterocycles. The van der Waals surface area contributed by atoms with Gasteiger partial charge >= 0.3 is 11.9 Å². The number of aromatic nitrogens is 1. The normalized spacial score (nSPS) is 9.70. The second kappa shape index (κ2) is 12.8. The van der Waals surface area contributed by atoms with Crippen molar-refractivity contribution in [3.8, 4) is 0 Å². The van der Waals surface area contributed by atoms with Gasteiger partial charge in [-0.3, -0.25) is 9.78 Å². The number of aliphatic hydroxyl groups is 1. The zero-order valence-corrected chi connectivity index (χ0v) is 10.9. The standard InChI is InChI=1S/C5H5N.C3H7N3O2.C3H6O3/c1-2-4-6-5-3-1;4-3(5)6-1-2(7)8;1-2(4)3(5)6/h1-5H;1H2,(H,7,8)(H4,4,5,6);2,4H,1H3,(H,5,6). The topological polar surface area (TPSA) is 172 Å². The molecule has 1 unspecified atom stereocenters. The van der Waals surface area contributed by atoms with Crippen molar-refractivity contribution in [3.63, 3.8) is 0 Å². The van der Waals surface area contributed by atoms with Gasteiger partial charge in [-0.1, -0.05) is 6.07 Å². The van der Waals surface area contributed by atoms with Gasteiger partial charge in [0.15, 0.2) is 5.96 Å². The molecule has 0 aliphatic carbocycles. The van der Waals surface area contributed by atoms with Crippen molar-refractivity contribution in [2.75, 3.05) is 6.54 Å². The van der Waals surface area contributed by atoms with E-state index in [9.17, 15) is 9.59 Å². The van der Waals surface area contributed by atoms with Crippen LogP contribution in [0.3, 0.4) is 0 Å². The van der Waals surface area contributed by atoms with E-state index < -0.39 is 18.0 Å². The number of nitrogens with zero attached hydrogens (tertiary/aromatic N) is 2. The lowest BCUT2D eigenvalue weighted by Gasteiger charge is -1.89. The van der Waals surface area contributed by atoms with E-state index >= 15 is 0 Å². The largest absolute Gasteiger partial charge is 0.480 e. The van der Waals surface area contributed by atoms with Crippen molar-refractivity contribution in [2.24, 2.45) is 16.5 Å². The van der Waals surface area contributed by atoms with Crippen molar-refractivity contribution >= 4 is 17.9 Å². The molecule has 20 heavy (non-hydrogen) atoms. The molecule has 0 aliphatic heterocycles. The van der Waals surface area contributed by atoms with Crippen LogP contribution in [-0.2, 0) is 9.59 Å². The van der Waals surface area contributed by atoms with Crippen LogP contribution in [0.2, 0.25) is 0 Å². The molecule has 1 atom stereocenters. The number of guanidine groups is 1. The number of hydrogen-bond donors (Lipinski definition) is 5. The molecule has 0 amide bonds. The van der Waals surface area contributed by atoms with Gasteiger partial charge in [0.05, 0.1) is 0 Å². The van der Waals surface area contributed by atoms with Gasteiger partial charge in [0.1, 0.15) is 12.6 Å². The molecule has 0 aliphatic rings. The molecule has 0 spiro atoms. The maximum Gasteiger partial charge on any atom is 0.332 e. The first-order valence-corrected chi connectivity index (χ1v) is 5.30. The van der Waals surface area contributed by atoms with Gasteiger partial charge in [-0.05, 0) is 19.1 Å². The summed E-state index contributed by atoms with van der Waals surface area (Å²) < 4.78 is 0. The van der Waals surface area contributed by atoms with E-state index in [1.165, 1.54) is 6.92 Å². The lowest BCUT2D eigenvalue weighted by Crippen LogP contribution is -2.24. The van der Waals surface area contributed by atoms with E-state index in [1.54, 1.807) is 12.4 Å². The Morgan fingerprint density at radius 2 is 1.65 bits per heavy atom. The number of aliphatic imine (C=N–C) groups is 1. The van der Waals surface area contributed by atoms with Crippen molar-refractivity contribution in [2.45, 2.75) is 13.0 Å². The molecule has 7 N–H and O–H groups in total. The van der Waals surface area contributed by atoms with E-state index in [2.05, 4.69) is 9.98 Å². The number of nitrogens with two attached hydrogens (primary N) is 2. The monoisotopic (exact) mass is 286 g/mol. The SMILES string of the molecule is CC(O)C(=O)O.NC(N)=NCC(=O)O.c1ccncc1. The molecule has 0 bridgehead atoms. The lowest BCUT2D eigenvalue weighted by atomic mass is 10.4. The third kappa shape index (κ3) is 20.7. The number of carbonyl (C=O) groups is 2. The van der Waals surface area contributed by atoms with Gasteiger partial charge in [-0.2, -0.15) is 0 Å². The van der Waals surface area contributed by atoms with Crippen LogP contribution >= 0.6 is 0 Å². The summed E-state index contributed by atoms with van der Waals surface area (Å²) in [6, 6.07) is 5.72. The lowest BCUT2D eigenvalue weighted by molar-refractivity contribution is -0.145. The quantitative estimate of drug-likeness (QED) is 0.343. The van der Waals surface area contributed by atoms with Crippen LogP contribution < -0.4 is 11.5 Å². The summed E-state index contributed by atoms with van der Waals surface area (Å²) in [5, 5.41) is 23.7. The maximum atomic E-state index is 9.69. The average molecular weight is 286 g/mol. The first-order chi connectivity index (χ1) is 9.27. The molecular formula is C11H18N4O5. The Kier molecular flexibility index (Phi) is 12.5. The second-order valence-corrected chi connectivity index (χ2v) is 3.17. The van der Waals surface area contributed by atoms with Gasteiger partial charge in [0, 0.05) is 12.4 Å². The Labute approximate surface area is 115 Å². The highest BCUT2D eigenvalue weighted by Gasteiger charge is 2.01. The number of pyridine rings is 1. The summed E-state index contributed by atoms with van der Waals surface area (Å²) in [6.07, 6.45) is 2.27. The highest BCUT2D eigenvalue weighted by Crippen LogP contribution is 1.74. The van der Waals surface area contributed by atoms with Crippen LogP contribution in [0.1, 0.15) is 6.92 Å². The highest BCUT2D eigenvalue weighted by molar-refractivity contribution is 5.79. The fourth-order valence-corrected chi connectivity index (χ4v) is 0.472. The number of aliphatic hydroxyl groups excluding tert-OH is 1. The van der Waals surface area contributed by atoms with Gasteiger partial charge < -0.3 is 26.8 Å². The van der Waals surface area contributed by atoms with E-state index in [-0.39, 0.29) is 12.5 Å². The minimum absolute atomic E-state index is 0.201. The van der Waals surface area contributed by atoms with Crippen LogP contribution in [0, 0.1) is 0 Å². The molecule has 1 heterocycles. The third-order valence-corrected chi connectivity index (χ3v) is 1.32. The number of rotatable bonds is 3. The van der Waals surface area contributed by atoms with Gasteiger partial charge in [-0.25, -0.2) is 9.79 Å². The summed E-state index contributed by atoms with van der Waals surface area (Å²) in [4.78, 5) is 26.1. The number of carboxylic acids is 2. The molecule has 9 nitrogen and oxygen atoms in total. The van der Waals surface area contributed by atoms with Gasteiger partial charge in [-0.15, -0.1) is 0 Å². The zero-order chi connectivity index (χ0) is 16.0. The van der Waals surface area contributed by atoms with Crippen LogP contribution in [0.4, 0.5) is 0 Å². The Hall–Kier alpha value is -2.68. The second-order valence-electron chi connectivity index (χ2n) is 3.17. The van der Waals surface area contributed by atoms with E-state index in [0.717, 1.165) is 0 Å². The van der Waals surface area contributed by atoms with Crippen molar-refractivity contribution < 1.29 is 24.9 Å². The first kappa shape index (κ1) is 19.7. The van der Waals surface area contributed by atoms with Crippen LogP contribution in [0.15, 0.2) is 35.6 Å². The van der Waals surface area contributed by atoms with E-state index in [4.69, 9.17) is 26.8 Å². The average Bonchev–Trinajstić information content (AvgIpc) is 2.39. The fraction of sp³-hybridized carbons (Fsp3) is 0.273. The molecule has 0 saturated heterocycles. The minimum Gasteiger partial charge on any atom is -0.480 e. The zero-order valence-electron chi connectivity index (χ0n) is 10.9. The third-order valence-electron chi connectivity index (χ3n) is 1.32. The summed E-state index contributed by atoms with van der Waals surface area (Å²) in [5.41, 5.74) is 9.61. The van der Waals surface area contributed by atoms with Crippen LogP contribution in [-0.4, -0.2) is 50.9 Å². The summed E-state index contributed by atoms with van der Waals surface area (Å²) >= 11 is 0. The minimum atomic E-state index is -1.23. The summed E-state index contributed by atoms with van der Waals surface area (Å²) in [6.45, 7) is 0.838. The van der Waals surface area contributed by atoms with Gasteiger partial charge in [0.25, 0.3) is 0 Å². The first-order valence-electron chi connectivity index (χ1n) is 5.30. The van der Waals surface area contributed by atoms with E-state index in [1.807, 2.05) is 18.2 Å². The number of carboxylic acid groups (broad SMARTS) is 2. The van der Waals surface area contributed by atoms with Gasteiger partial charge in [0.2, 0.25) is 0 Å². The fourth-order valence-electron chi connectivity index (χ4n) is 0.472. The maximum absolute atomic E-state index is 9.69. The molecule has 1 aromatic rings. The molecule has 0 saturated carbocycles. The molecule has 0 radical (unpaired) electrons. The number of hydrogen-bond acceptors (Lipinski definition) is 5. The van der Waals surface area contributed by atoms with Crippen molar-refractivity contribution in [3.05, 3.63) is 30.6 Å². The molecule has 0 aromatic carbocycles. The highest BCUT2D eigenvalue weighted by atomic mass is 16.4. The summed E-state index contributed by atoms with van der Waals surface area (Å²) in [5.74, 6) is -2.43. The molecule has 112 valence electrons. The van der Waals surface area contributed by atoms with E-state index in [0.29, 0.717) is 0 Å². The predicted molar refractivity (Wildman–Crippen MR) is 71.9 cm³/mol. The smallest absolute Gasteiger partial charge is 0.332 e. The molecule has 0 fully saturated rings. The Morgan fingerprint density at radius 1 is 1.20 bits per heavy atom. The number of aliphatic carboxylic acids is 2. The molecular weight excluding hydrogens is 268 g/mol. The molecule has 9 heteroatoms. The van der Waals surface area contributed by atoms with Crippen molar-refractivity contribution in [1.82, 2.24) is 4.98 Å². The summed E-state index contributed by atoms with van der Waals surface area (Å²) in [7, 11) is 0.